The summed E-state index contributed by atoms with van der Waals surface area (Å²) in [7, 11) is 0. The fourth-order valence-corrected chi connectivity index (χ4v) is 4.20. The number of aliphatic carboxylic acids is 1. The predicted octanol–water partition coefficient (Wildman–Crippen LogP) is 5.60. The number of thioether (sulfide) groups is 1. The van der Waals surface area contributed by atoms with E-state index >= 15 is 0 Å². The van der Waals surface area contributed by atoms with Gasteiger partial charge in [0.05, 0.1) is 22.0 Å². The Kier molecular flexibility index (Phi) is 6.51. The summed E-state index contributed by atoms with van der Waals surface area (Å²) in [6.07, 6.45) is 3.38. The molecule has 1 aliphatic rings. The minimum atomic E-state index is -0.694. The van der Waals surface area contributed by atoms with Crippen LogP contribution in [0.15, 0.2) is 47.4 Å². The van der Waals surface area contributed by atoms with Gasteiger partial charge in [-0.2, -0.15) is 0 Å². The standard InChI is InChI=1S/C20H21Cl2NO2S/c1-26-16-5-2-13(3-6-16)19(15-4-7-17(21)18(22)12-15)23-10-8-14(9-11-23)20(24)25/h2-7,12,14,19H,8-11H2,1H3,(H,24,25). The van der Waals surface area contributed by atoms with Crippen molar-refractivity contribution in [3.8, 4) is 0 Å². The van der Waals surface area contributed by atoms with Gasteiger partial charge in [0.15, 0.2) is 0 Å². The van der Waals surface area contributed by atoms with Gasteiger partial charge in [-0.15, -0.1) is 11.8 Å². The Labute approximate surface area is 168 Å². The zero-order chi connectivity index (χ0) is 18.7. The van der Waals surface area contributed by atoms with Gasteiger partial charge in [0.25, 0.3) is 0 Å². The highest BCUT2D eigenvalue weighted by atomic mass is 35.5. The lowest BCUT2D eigenvalue weighted by atomic mass is 9.91. The molecule has 1 heterocycles. The number of likely N-dealkylation sites (tertiary alicyclic amines) is 1. The molecule has 0 amide bonds. The Hall–Kier alpha value is -1.20. The van der Waals surface area contributed by atoms with Crippen LogP contribution in [0.1, 0.15) is 30.0 Å². The first kappa shape index (κ1) is 19.6. The summed E-state index contributed by atoms with van der Waals surface area (Å²) in [4.78, 5) is 14.8. The second-order valence-corrected chi connectivity index (χ2v) is 8.19. The van der Waals surface area contributed by atoms with Gasteiger partial charge < -0.3 is 5.11 Å². The van der Waals surface area contributed by atoms with Crippen LogP contribution in [0, 0.1) is 5.92 Å². The van der Waals surface area contributed by atoms with Crippen molar-refractivity contribution in [2.75, 3.05) is 19.3 Å². The van der Waals surface area contributed by atoms with Crippen LogP contribution >= 0.6 is 35.0 Å². The van der Waals surface area contributed by atoms with Crippen molar-refractivity contribution in [3.05, 3.63) is 63.6 Å². The lowest BCUT2D eigenvalue weighted by Gasteiger charge is -2.37. The van der Waals surface area contributed by atoms with Crippen molar-refractivity contribution in [1.29, 1.82) is 0 Å². The largest absolute Gasteiger partial charge is 0.481 e. The molecule has 0 radical (unpaired) electrons. The number of nitrogens with zero attached hydrogens (tertiary/aromatic N) is 1. The number of carboxylic acids is 1. The summed E-state index contributed by atoms with van der Waals surface area (Å²) in [6, 6.07) is 14.3. The van der Waals surface area contributed by atoms with Gasteiger partial charge in [-0.25, -0.2) is 0 Å². The highest BCUT2D eigenvalue weighted by molar-refractivity contribution is 7.98. The Morgan fingerprint density at radius 1 is 1.08 bits per heavy atom. The van der Waals surface area contributed by atoms with E-state index in [0.717, 1.165) is 18.7 Å². The van der Waals surface area contributed by atoms with E-state index in [1.807, 2.05) is 18.2 Å². The highest BCUT2D eigenvalue weighted by Crippen LogP contribution is 2.35. The van der Waals surface area contributed by atoms with Crippen molar-refractivity contribution in [2.45, 2.75) is 23.8 Å². The maximum absolute atomic E-state index is 11.3. The van der Waals surface area contributed by atoms with E-state index < -0.39 is 5.97 Å². The smallest absolute Gasteiger partial charge is 0.306 e. The first-order valence-electron chi connectivity index (χ1n) is 8.55. The van der Waals surface area contributed by atoms with Crippen molar-refractivity contribution in [2.24, 2.45) is 5.92 Å². The Bertz CT molecular complexity index is 774. The maximum Gasteiger partial charge on any atom is 0.306 e. The van der Waals surface area contributed by atoms with Gasteiger partial charge in [-0.1, -0.05) is 41.4 Å². The zero-order valence-corrected chi connectivity index (χ0v) is 16.8. The number of rotatable bonds is 5. The van der Waals surface area contributed by atoms with Gasteiger partial charge >= 0.3 is 5.97 Å². The minimum absolute atomic E-state index is 0.0374. The number of piperidine rings is 1. The first-order valence-corrected chi connectivity index (χ1v) is 10.5. The number of benzene rings is 2. The fraction of sp³-hybridized carbons (Fsp3) is 0.350. The average molecular weight is 410 g/mol. The second-order valence-electron chi connectivity index (χ2n) is 6.50. The molecule has 6 heteroatoms. The molecule has 2 aromatic rings. The Morgan fingerprint density at radius 3 is 2.23 bits per heavy atom. The molecule has 1 N–H and O–H groups in total. The van der Waals surface area contributed by atoms with E-state index in [1.165, 1.54) is 10.5 Å². The van der Waals surface area contributed by atoms with Crippen LogP contribution in [0.2, 0.25) is 10.0 Å². The molecule has 2 aromatic carbocycles. The van der Waals surface area contributed by atoms with Gasteiger partial charge in [-0.05, 0) is 67.6 Å². The van der Waals surface area contributed by atoms with E-state index in [9.17, 15) is 9.90 Å². The third-order valence-electron chi connectivity index (χ3n) is 4.93. The zero-order valence-electron chi connectivity index (χ0n) is 14.5. The molecule has 138 valence electrons. The quantitative estimate of drug-likeness (QED) is 0.652. The molecular weight excluding hydrogens is 389 g/mol. The Morgan fingerprint density at radius 2 is 1.69 bits per heavy atom. The third kappa shape index (κ3) is 4.37. The van der Waals surface area contributed by atoms with E-state index in [1.54, 1.807) is 11.8 Å². The summed E-state index contributed by atoms with van der Waals surface area (Å²) in [6.45, 7) is 1.48. The topological polar surface area (TPSA) is 40.5 Å². The molecule has 3 nitrogen and oxygen atoms in total. The number of hydrogen-bond donors (Lipinski definition) is 1. The van der Waals surface area contributed by atoms with E-state index in [-0.39, 0.29) is 12.0 Å². The molecule has 1 atom stereocenters. The second kappa shape index (κ2) is 8.66. The van der Waals surface area contributed by atoms with Crippen LogP contribution in [0.25, 0.3) is 0 Å². The lowest BCUT2D eigenvalue weighted by molar-refractivity contribution is -0.143. The molecule has 26 heavy (non-hydrogen) atoms. The van der Waals surface area contributed by atoms with Crippen LogP contribution in [0.4, 0.5) is 0 Å². The summed E-state index contributed by atoms with van der Waals surface area (Å²) in [5.41, 5.74) is 2.25. The fourth-order valence-electron chi connectivity index (χ4n) is 3.49. The normalized spacial score (nSPS) is 17.2. The van der Waals surface area contributed by atoms with Gasteiger partial charge in [0.2, 0.25) is 0 Å². The number of halogens is 2. The number of carboxylic acid groups (broad SMARTS) is 1. The molecule has 1 saturated heterocycles. The average Bonchev–Trinajstić information content (AvgIpc) is 2.66. The van der Waals surface area contributed by atoms with Gasteiger partial charge in [0.1, 0.15) is 0 Å². The summed E-state index contributed by atoms with van der Waals surface area (Å²) >= 11 is 14.1. The van der Waals surface area contributed by atoms with Crippen molar-refractivity contribution in [1.82, 2.24) is 4.90 Å². The monoisotopic (exact) mass is 409 g/mol. The number of carbonyl (C=O) groups is 1. The maximum atomic E-state index is 11.3. The molecule has 1 fully saturated rings. The van der Waals surface area contributed by atoms with E-state index in [0.29, 0.717) is 22.9 Å². The highest BCUT2D eigenvalue weighted by Gasteiger charge is 2.30. The van der Waals surface area contributed by atoms with Crippen LogP contribution in [0.5, 0.6) is 0 Å². The molecule has 3 rings (SSSR count). The molecular formula is C20H21Cl2NO2S. The SMILES string of the molecule is CSc1ccc(C(c2ccc(Cl)c(Cl)c2)N2CCC(C(=O)O)CC2)cc1. The molecule has 0 spiro atoms. The van der Waals surface area contributed by atoms with Gasteiger partial charge in [0, 0.05) is 4.90 Å². The van der Waals surface area contributed by atoms with Crippen molar-refractivity contribution >= 4 is 40.9 Å². The molecule has 1 unspecified atom stereocenters. The third-order valence-corrected chi connectivity index (χ3v) is 6.42. The van der Waals surface area contributed by atoms with Crippen LogP contribution in [-0.4, -0.2) is 35.3 Å². The van der Waals surface area contributed by atoms with Crippen molar-refractivity contribution in [3.63, 3.8) is 0 Å². The molecule has 0 aromatic heterocycles. The van der Waals surface area contributed by atoms with E-state index in [4.69, 9.17) is 23.2 Å². The number of hydrogen-bond acceptors (Lipinski definition) is 3. The molecule has 1 aliphatic heterocycles. The van der Waals surface area contributed by atoms with Crippen LogP contribution < -0.4 is 0 Å². The lowest BCUT2D eigenvalue weighted by Crippen LogP contribution is -2.39. The van der Waals surface area contributed by atoms with Crippen LogP contribution in [0.3, 0.4) is 0 Å². The van der Waals surface area contributed by atoms with E-state index in [2.05, 4.69) is 35.4 Å². The van der Waals surface area contributed by atoms with Gasteiger partial charge in [-0.3, -0.25) is 9.69 Å². The Balaban J connectivity index is 1.93. The molecule has 0 aliphatic carbocycles. The minimum Gasteiger partial charge on any atom is -0.481 e. The van der Waals surface area contributed by atoms with Crippen LogP contribution in [-0.2, 0) is 4.79 Å². The molecule has 0 saturated carbocycles. The molecule has 0 bridgehead atoms. The predicted molar refractivity (Wildman–Crippen MR) is 108 cm³/mol. The summed E-state index contributed by atoms with van der Waals surface area (Å²) in [5.74, 6) is -0.945. The van der Waals surface area contributed by atoms with Crippen molar-refractivity contribution < 1.29 is 9.90 Å². The summed E-state index contributed by atoms with van der Waals surface area (Å²) < 4.78 is 0. The summed E-state index contributed by atoms with van der Waals surface area (Å²) in [5, 5.41) is 10.3. The first-order chi connectivity index (χ1) is 12.5.